The molecule has 0 saturated carbocycles. The first-order chi connectivity index (χ1) is 13.6. The predicted octanol–water partition coefficient (Wildman–Crippen LogP) is 2.32. The van der Waals surface area contributed by atoms with E-state index < -0.39 is 17.9 Å². The largest absolute Gasteiger partial charge is 0.349 e. The quantitative estimate of drug-likeness (QED) is 0.530. The fourth-order valence-electron chi connectivity index (χ4n) is 3.99. The summed E-state index contributed by atoms with van der Waals surface area (Å²) in [7, 11) is 0. The van der Waals surface area contributed by atoms with Crippen LogP contribution >= 0.6 is 0 Å². The van der Waals surface area contributed by atoms with E-state index in [2.05, 4.69) is 0 Å². The molecule has 2 saturated heterocycles. The molecule has 8 heteroatoms. The number of carbonyl (C=O) groups is 2. The highest BCUT2D eigenvalue weighted by atomic mass is 16.8. The normalized spacial score (nSPS) is 30.7. The van der Waals surface area contributed by atoms with Gasteiger partial charge in [0.1, 0.15) is 12.2 Å². The highest BCUT2D eigenvalue weighted by molar-refractivity contribution is 6.21. The molecule has 0 spiro atoms. The molecule has 2 amide bonds. The van der Waals surface area contributed by atoms with Crippen LogP contribution in [0, 0.1) is 0 Å². The second kappa shape index (κ2) is 7.14. The first-order valence-electron chi connectivity index (χ1n) is 9.86. The number of carbonyl (C=O) groups excluding carboxylic acids is 2. The van der Waals surface area contributed by atoms with Crippen LogP contribution in [0.1, 0.15) is 55.3 Å². The molecule has 0 bridgehead atoms. The summed E-state index contributed by atoms with van der Waals surface area (Å²) in [5, 5.41) is 0. The number of fused-ring (bicyclic) bond motifs is 2. The van der Waals surface area contributed by atoms with Gasteiger partial charge < -0.3 is 23.7 Å². The van der Waals surface area contributed by atoms with Crippen LogP contribution in [0.4, 0.5) is 0 Å². The fourth-order valence-corrected chi connectivity index (χ4v) is 3.99. The Morgan fingerprint density at radius 1 is 1.10 bits per heavy atom. The van der Waals surface area contributed by atoms with Gasteiger partial charge in [0.25, 0.3) is 11.8 Å². The van der Waals surface area contributed by atoms with Gasteiger partial charge in [0.2, 0.25) is 0 Å². The first kappa shape index (κ1) is 20.4. The molecule has 1 aromatic rings. The zero-order chi connectivity index (χ0) is 21.0. The van der Waals surface area contributed by atoms with Gasteiger partial charge in [-0.05, 0) is 46.8 Å². The molecule has 0 aliphatic carbocycles. The zero-order valence-electron chi connectivity index (χ0n) is 17.3. The molecular weight excluding hydrogens is 378 g/mol. The lowest BCUT2D eigenvalue weighted by molar-refractivity contribution is -0.271. The molecule has 4 atom stereocenters. The summed E-state index contributed by atoms with van der Waals surface area (Å²) in [4.78, 5) is 26.1. The van der Waals surface area contributed by atoms with E-state index in [0.717, 1.165) is 0 Å². The van der Waals surface area contributed by atoms with Crippen LogP contribution in [0.25, 0.3) is 0 Å². The number of nitrogens with zero attached hydrogens (tertiary/aromatic N) is 1. The van der Waals surface area contributed by atoms with Crippen molar-refractivity contribution in [2.45, 2.75) is 70.8 Å². The van der Waals surface area contributed by atoms with E-state index in [9.17, 15) is 9.59 Å². The standard InChI is InChI=1S/C21H27NO7/c1-12-15(16-19(26-12)29-21(4,5)28-16)27-20(2,3)25-11-10-22-17(23)13-8-6-7-9-14(13)18(22)24/h6-9,12,15-16,19H,10-11H2,1-5H3/t12-,15?,16+,19-/m1/s1. The first-order valence-corrected chi connectivity index (χ1v) is 9.86. The fraction of sp³-hybridized carbons (Fsp3) is 0.619. The monoisotopic (exact) mass is 405 g/mol. The lowest BCUT2D eigenvalue weighted by atomic mass is 10.1. The number of imide groups is 1. The molecule has 0 aromatic heterocycles. The average molecular weight is 405 g/mol. The van der Waals surface area contributed by atoms with Crippen LogP contribution in [0.2, 0.25) is 0 Å². The van der Waals surface area contributed by atoms with Gasteiger partial charge in [-0.25, -0.2) is 0 Å². The van der Waals surface area contributed by atoms with E-state index in [1.54, 1.807) is 38.1 Å². The molecule has 4 rings (SSSR count). The van der Waals surface area contributed by atoms with E-state index in [-0.39, 0.29) is 43.3 Å². The van der Waals surface area contributed by atoms with Crippen molar-refractivity contribution in [3.05, 3.63) is 35.4 Å². The number of ether oxygens (including phenoxy) is 5. The SMILES string of the molecule is C[C@H]1O[C@@H]2OC(C)(C)O[C@H]2C1OC(C)(C)OCCN1C(=O)c2ccccc2C1=O. The summed E-state index contributed by atoms with van der Waals surface area (Å²) in [5.41, 5.74) is 0.856. The minimum absolute atomic E-state index is 0.147. The summed E-state index contributed by atoms with van der Waals surface area (Å²) >= 11 is 0. The Bertz CT molecular complexity index is 786. The number of rotatable bonds is 6. The number of hydrogen-bond donors (Lipinski definition) is 0. The van der Waals surface area contributed by atoms with Gasteiger partial charge in [-0.3, -0.25) is 14.5 Å². The lowest BCUT2D eigenvalue weighted by Gasteiger charge is -2.33. The van der Waals surface area contributed by atoms with Crippen molar-refractivity contribution < 1.29 is 33.3 Å². The maximum absolute atomic E-state index is 12.4. The molecule has 1 aromatic carbocycles. The summed E-state index contributed by atoms with van der Waals surface area (Å²) in [5.74, 6) is -2.29. The van der Waals surface area contributed by atoms with Gasteiger partial charge in [-0.15, -0.1) is 0 Å². The van der Waals surface area contributed by atoms with Crippen molar-refractivity contribution in [2.24, 2.45) is 0 Å². The zero-order valence-corrected chi connectivity index (χ0v) is 17.3. The van der Waals surface area contributed by atoms with E-state index >= 15 is 0 Å². The lowest BCUT2D eigenvalue weighted by Crippen LogP contribution is -2.44. The van der Waals surface area contributed by atoms with Crippen LogP contribution in [0.3, 0.4) is 0 Å². The molecule has 0 N–H and O–H groups in total. The molecule has 2 fully saturated rings. The van der Waals surface area contributed by atoms with Gasteiger partial charge in [-0.1, -0.05) is 12.1 Å². The molecule has 1 unspecified atom stereocenters. The van der Waals surface area contributed by atoms with Crippen LogP contribution in [0.5, 0.6) is 0 Å². The molecule has 29 heavy (non-hydrogen) atoms. The molecule has 3 aliphatic heterocycles. The highest BCUT2D eigenvalue weighted by Gasteiger charge is 2.55. The second-order valence-electron chi connectivity index (χ2n) is 8.45. The van der Waals surface area contributed by atoms with Gasteiger partial charge in [-0.2, -0.15) is 0 Å². The van der Waals surface area contributed by atoms with E-state index in [4.69, 9.17) is 23.7 Å². The third-order valence-electron chi connectivity index (χ3n) is 5.29. The Kier molecular flexibility index (Phi) is 5.03. The van der Waals surface area contributed by atoms with Gasteiger partial charge in [0.15, 0.2) is 17.9 Å². The van der Waals surface area contributed by atoms with Crippen molar-refractivity contribution in [3.8, 4) is 0 Å². The summed E-state index contributed by atoms with van der Waals surface area (Å²) in [6.45, 7) is 9.44. The molecule has 158 valence electrons. The number of amides is 2. The van der Waals surface area contributed by atoms with Crippen LogP contribution in [-0.2, 0) is 23.7 Å². The summed E-state index contributed by atoms with van der Waals surface area (Å²) < 4.78 is 29.5. The smallest absolute Gasteiger partial charge is 0.261 e. The Balaban J connectivity index is 1.33. The van der Waals surface area contributed by atoms with E-state index in [1.165, 1.54) is 4.90 Å². The Morgan fingerprint density at radius 2 is 1.72 bits per heavy atom. The van der Waals surface area contributed by atoms with E-state index in [0.29, 0.717) is 11.1 Å². The maximum atomic E-state index is 12.4. The minimum atomic E-state index is -0.966. The molecule has 0 radical (unpaired) electrons. The van der Waals surface area contributed by atoms with Crippen molar-refractivity contribution in [1.82, 2.24) is 4.90 Å². The average Bonchev–Trinajstić information content (AvgIpc) is 3.17. The third-order valence-corrected chi connectivity index (χ3v) is 5.29. The van der Waals surface area contributed by atoms with Crippen molar-refractivity contribution in [2.75, 3.05) is 13.2 Å². The molecule has 8 nitrogen and oxygen atoms in total. The van der Waals surface area contributed by atoms with E-state index in [1.807, 2.05) is 20.8 Å². The van der Waals surface area contributed by atoms with Crippen molar-refractivity contribution >= 4 is 11.8 Å². The van der Waals surface area contributed by atoms with Gasteiger partial charge in [0.05, 0.1) is 30.4 Å². The van der Waals surface area contributed by atoms with Crippen LogP contribution in [0.15, 0.2) is 24.3 Å². The molecule has 3 heterocycles. The molecule has 3 aliphatic rings. The topological polar surface area (TPSA) is 83.5 Å². The number of benzene rings is 1. The minimum Gasteiger partial charge on any atom is -0.349 e. The Morgan fingerprint density at radius 3 is 2.34 bits per heavy atom. The highest BCUT2D eigenvalue weighted by Crippen LogP contribution is 2.40. The van der Waals surface area contributed by atoms with Gasteiger partial charge >= 0.3 is 0 Å². The maximum Gasteiger partial charge on any atom is 0.261 e. The third kappa shape index (κ3) is 3.83. The molecular formula is C21H27NO7. The summed E-state index contributed by atoms with van der Waals surface area (Å²) in [6.07, 6.45) is -1.41. The Hall–Kier alpha value is -1.84. The van der Waals surface area contributed by atoms with Crippen molar-refractivity contribution in [1.29, 1.82) is 0 Å². The van der Waals surface area contributed by atoms with Crippen LogP contribution in [-0.4, -0.2) is 66.0 Å². The van der Waals surface area contributed by atoms with Crippen LogP contribution < -0.4 is 0 Å². The second-order valence-corrected chi connectivity index (χ2v) is 8.45. The summed E-state index contributed by atoms with van der Waals surface area (Å²) in [6, 6.07) is 6.81. The Labute approximate surface area is 170 Å². The number of hydrogen-bond acceptors (Lipinski definition) is 7. The predicted molar refractivity (Wildman–Crippen MR) is 101 cm³/mol. The van der Waals surface area contributed by atoms with Gasteiger partial charge in [0, 0.05) is 0 Å². The van der Waals surface area contributed by atoms with Crippen molar-refractivity contribution in [3.63, 3.8) is 0 Å².